The molecule has 0 spiro atoms. The van der Waals surface area contributed by atoms with Crippen molar-refractivity contribution in [3.05, 3.63) is 0 Å². The van der Waals surface area contributed by atoms with Crippen molar-refractivity contribution in [1.82, 2.24) is 9.80 Å². The van der Waals surface area contributed by atoms with Crippen molar-refractivity contribution in [2.75, 3.05) is 32.7 Å². The van der Waals surface area contributed by atoms with E-state index in [9.17, 15) is 18.0 Å². The second kappa shape index (κ2) is 6.59. The molecule has 7 heteroatoms. The number of fused-ring (bicyclic) bond motifs is 2. The van der Waals surface area contributed by atoms with Crippen LogP contribution in [0.1, 0.15) is 32.6 Å². The first-order valence-corrected chi connectivity index (χ1v) is 8.59. The van der Waals surface area contributed by atoms with Crippen molar-refractivity contribution in [3.8, 4) is 0 Å². The first kappa shape index (κ1) is 17.0. The molecule has 0 saturated carbocycles. The summed E-state index contributed by atoms with van der Waals surface area (Å²) in [6.45, 7) is 2.92. The van der Waals surface area contributed by atoms with Crippen molar-refractivity contribution >= 4 is 5.91 Å². The maximum atomic E-state index is 12.6. The third-order valence-corrected chi connectivity index (χ3v) is 5.39. The zero-order chi connectivity index (χ0) is 16.6. The van der Waals surface area contributed by atoms with Gasteiger partial charge in [-0.05, 0) is 38.1 Å². The van der Waals surface area contributed by atoms with Crippen LogP contribution in [0.25, 0.3) is 0 Å². The molecule has 0 aromatic carbocycles. The Balaban J connectivity index is 1.49. The van der Waals surface area contributed by atoms with Crippen molar-refractivity contribution in [2.24, 2.45) is 11.8 Å². The van der Waals surface area contributed by atoms with E-state index in [2.05, 4.69) is 0 Å². The van der Waals surface area contributed by atoms with Crippen molar-refractivity contribution in [3.63, 3.8) is 0 Å². The number of ether oxygens (including phenoxy) is 1. The van der Waals surface area contributed by atoms with Crippen LogP contribution in [0.5, 0.6) is 0 Å². The Morgan fingerprint density at radius 1 is 1.30 bits per heavy atom. The Kier molecular flexibility index (Phi) is 4.88. The van der Waals surface area contributed by atoms with Crippen LogP contribution in [0.15, 0.2) is 0 Å². The number of rotatable bonds is 5. The number of likely N-dealkylation sites (tertiary alicyclic amines) is 1. The van der Waals surface area contributed by atoms with Crippen LogP contribution >= 0.6 is 0 Å². The van der Waals surface area contributed by atoms with Gasteiger partial charge in [-0.2, -0.15) is 13.2 Å². The Morgan fingerprint density at radius 3 is 2.65 bits per heavy atom. The largest absolute Gasteiger partial charge is 0.401 e. The van der Waals surface area contributed by atoms with E-state index in [1.807, 2.05) is 4.90 Å². The van der Waals surface area contributed by atoms with Gasteiger partial charge in [-0.25, -0.2) is 0 Å². The van der Waals surface area contributed by atoms with Gasteiger partial charge < -0.3 is 9.64 Å². The molecule has 3 rings (SSSR count). The number of nitrogens with zero attached hydrogens (tertiary/aromatic N) is 2. The lowest BCUT2D eigenvalue weighted by atomic mass is 9.88. The van der Waals surface area contributed by atoms with E-state index in [1.54, 1.807) is 6.92 Å². The van der Waals surface area contributed by atoms with Crippen LogP contribution in [0.3, 0.4) is 0 Å². The lowest BCUT2D eigenvalue weighted by Crippen LogP contribution is -2.40. The Labute approximate surface area is 134 Å². The molecule has 3 fully saturated rings. The number of carbonyl (C=O) groups excluding carboxylic acids is 1. The summed E-state index contributed by atoms with van der Waals surface area (Å²) in [4.78, 5) is 15.9. The smallest absolute Gasteiger partial charge is 0.374 e. The summed E-state index contributed by atoms with van der Waals surface area (Å²) in [6, 6.07) is 0. The SMILES string of the molecule is CCN(C[C@@H]1CCN(C(=O)[C@H]2C[C@H]3CC[C@H]2O3)C1)CC(F)(F)F. The fourth-order valence-corrected chi connectivity index (χ4v) is 4.24. The minimum absolute atomic E-state index is 0.0232. The Bertz CT molecular complexity index is 444. The number of hydrogen-bond donors (Lipinski definition) is 0. The van der Waals surface area contributed by atoms with Gasteiger partial charge in [-0.1, -0.05) is 6.92 Å². The highest BCUT2D eigenvalue weighted by Crippen LogP contribution is 2.40. The molecular formula is C16H25F3N2O2. The number of halogens is 3. The predicted octanol–water partition coefficient (Wildman–Crippen LogP) is 2.29. The molecule has 23 heavy (non-hydrogen) atoms. The summed E-state index contributed by atoms with van der Waals surface area (Å²) in [5.74, 6) is 0.268. The maximum Gasteiger partial charge on any atom is 0.401 e. The van der Waals surface area contributed by atoms with Gasteiger partial charge in [0.15, 0.2) is 0 Å². The highest BCUT2D eigenvalue weighted by molar-refractivity contribution is 5.80. The molecule has 3 aliphatic heterocycles. The summed E-state index contributed by atoms with van der Waals surface area (Å²) < 4.78 is 43.4. The standard InChI is InChI=1S/C16H25F3N2O2/c1-2-20(10-16(17,18)19)8-11-5-6-21(9-11)15(22)13-7-12-3-4-14(13)23-12/h11-14H,2-10H2,1H3/t11-,12+,13-,14+/m0/s1. The molecule has 3 aliphatic rings. The van der Waals surface area contributed by atoms with E-state index >= 15 is 0 Å². The van der Waals surface area contributed by atoms with Gasteiger partial charge in [0.2, 0.25) is 5.91 Å². The molecule has 0 aromatic heterocycles. The van der Waals surface area contributed by atoms with Crippen molar-refractivity contribution < 1.29 is 22.7 Å². The molecule has 3 heterocycles. The van der Waals surface area contributed by atoms with Gasteiger partial charge in [0.05, 0.1) is 24.7 Å². The third-order valence-electron chi connectivity index (χ3n) is 5.39. The zero-order valence-electron chi connectivity index (χ0n) is 13.5. The van der Waals surface area contributed by atoms with Gasteiger partial charge in [0.25, 0.3) is 0 Å². The first-order valence-electron chi connectivity index (χ1n) is 8.59. The second-order valence-corrected chi connectivity index (χ2v) is 7.10. The number of amides is 1. The molecule has 0 unspecified atom stereocenters. The van der Waals surface area contributed by atoms with Crippen molar-refractivity contribution in [1.29, 1.82) is 0 Å². The van der Waals surface area contributed by atoms with Crippen LogP contribution < -0.4 is 0 Å². The predicted molar refractivity (Wildman–Crippen MR) is 78.9 cm³/mol. The Morgan fingerprint density at radius 2 is 2.09 bits per heavy atom. The highest BCUT2D eigenvalue weighted by Gasteiger charge is 2.46. The first-order chi connectivity index (χ1) is 10.9. The molecule has 4 atom stereocenters. The average molecular weight is 334 g/mol. The fourth-order valence-electron chi connectivity index (χ4n) is 4.24. The van der Waals surface area contributed by atoms with E-state index < -0.39 is 12.7 Å². The summed E-state index contributed by atoms with van der Waals surface area (Å²) in [6.07, 6.45) is -0.210. The monoisotopic (exact) mass is 334 g/mol. The molecular weight excluding hydrogens is 309 g/mol. The summed E-state index contributed by atoms with van der Waals surface area (Å²) in [5.41, 5.74) is 0. The molecule has 0 N–H and O–H groups in total. The van der Waals surface area contributed by atoms with E-state index in [-0.39, 0.29) is 30.0 Å². The minimum atomic E-state index is -4.16. The van der Waals surface area contributed by atoms with Crippen LogP contribution in [0.2, 0.25) is 0 Å². The van der Waals surface area contributed by atoms with Gasteiger partial charge in [0.1, 0.15) is 0 Å². The Hall–Kier alpha value is -0.820. The fraction of sp³-hybridized carbons (Fsp3) is 0.938. The van der Waals surface area contributed by atoms with Crippen LogP contribution in [0, 0.1) is 11.8 Å². The van der Waals surface area contributed by atoms with Crippen LogP contribution in [-0.4, -0.2) is 66.8 Å². The summed E-state index contributed by atoms with van der Waals surface area (Å²) >= 11 is 0. The number of hydrogen-bond acceptors (Lipinski definition) is 3. The molecule has 1 amide bonds. The molecule has 4 nitrogen and oxygen atoms in total. The lowest BCUT2D eigenvalue weighted by Gasteiger charge is -2.26. The number of carbonyl (C=O) groups is 1. The molecule has 132 valence electrons. The van der Waals surface area contributed by atoms with Gasteiger partial charge in [-0.15, -0.1) is 0 Å². The van der Waals surface area contributed by atoms with Crippen LogP contribution in [-0.2, 0) is 9.53 Å². The highest BCUT2D eigenvalue weighted by atomic mass is 19.4. The molecule has 0 aromatic rings. The lowest BCUT2D eigenvalue weighted by molar-refractivity contribution is -0.147. The summed E-state index contributed by atoms with van der Waals surface area (Å²) in [7, 11) is 0. The van der Waals surface area contributed by atoms with Gasteiger partial charge >= 0.3 is 6.18 Å². The van der Waals surface area contributed by atoms with Gasteiger partial charge in [-0.3, -0.25) is 9.69 Å². The number of alkyl halides is 3. The normalized spacial score (nSPS) is 33.9. The molecule has 0 aliphatic carbocycles. The van der Waals surface area contributed by atoms with E-state index in [4.69, 9.17) is 4.74 Å². The van der Waals surface area contributed by atoms with Crippen molar-refractivity contribution in [2.45, 2.75) is 51.0 Å². The molecule has 3 saturated heterocycles. The van der Waals surface area contributed by atoms with E-state index in [0.29, 0.717) is 26.2 Å². The topological polar surface area (TPSA) is 32.8 Å². The van der Waals surface area contributed by atoms with E-state index in [0.717, 1.165) is 25.7 Å². The zero-order valence-corrected chi connectivity index (χ0v) is 13.5. The molecule has 0 radical (unpaired) electrons. The minimum Gasteiger partial charge on any atom is -0.374 e. The third kappa shape index (κ3) is 3.99. The average Bonchev–Trinajstić information content (AvgIpc) is 3.20. The second-order valence-electron chi connectivity index (χ2n) is 7.10. The maximum absolute atomic E-state index is 12.6. The summed E-state index contributed by atoms with van der Waals surface area (Å²) in [5, 5.41) is 0. The van der Waals surface area contributed by atoms with Gasteiger partial charge in [0, 0.05) is 19.6 Å². The van der Waals surface area contributed by atoms with Crippen LogP contribution in [0.4, 0.5) is 13.2 Å². The molecule has 2 bridgehead atoms. The van der Waals surface area contributed by atoms with E-state index in [1.165, 1.54) is 4.90 Å². The quantitative estimate of drug-likeness (QED) is 0.773.